The van der Waals surface area contributed by atoms with Gasteiger partial charge < -0.3 is 10.1 Å². The van der Waals surface area contributed by atoms with Crippen LogP contribution in [0.15, 0.2) is 30.5 Å². The van der Waals surface area contributed by atoms with Gasteiger partial charge in [-0.05, 0) is 43.8 Å². The van der Waals surface area contributed by atoms with Crippen molar-refractivity contribution in [3.05, 3.63) is 41.6 Å². The summed E-state index contributed by atoms with van der Waals surface area (Å²) in [5.41, 5.74) is 1.56. The fourth-order valence-electron chi connectivity index (χ4n) is 1.25. The Kier molecular flexibility index (Phi) is 3.92. The van der Waals surface area contributed by atoms with Crippen LogP contribution in [0.1, 0.15) is 22.8 Å². The molecule has 0 radical (unpaired) electrons. The number of methoxy groups -OCH3 is 1. The zero-order valence-electron chi connectivity index (χ0n) is 9.20. The second-order valence-electron chi connectivity index (χ2n) is 3.15. The van der Waals surface area contributed by atoms with Crippen molar-refractivity contribution in [1.82, 2.24) is 5.32 Å². The summed E-state index contributed by atoms with van der Waals surface area (Å²) in [5, 5.41) is 2.67. The first-order valence-corrected chi connectivity index (χ1v) is 4.75. The van der Waals surface area contributed by atoms with Gasteiger partial charge in [-0.25, -0.2) is 0 Å². The summed E-state index contributed by atoms with van der Waals surface area (Å²) in [6.07, 6.45) is 3.39. The molecule has 0 heterocycles. The molecular formula is C12H15NO2. The zero-order chi connectivity index (χ0) is 11.3. The van der Waals surface area contributed by atoms with Gasteiger partial charge in [0, 0.05) is 5.56 Å². The van der Waals surface area contributed by atoms with Gasteiger partial charge in [-0.1, -0.05) is 6.08 Å². The van der Waals surface area contributed by atoms with E-state index in [2.05, 4.69) is 5.32 Å². The molecule has 0 spiro atoms. The molecule has 0 saturated carbocycles. The van der Waals surface area contributed by atoms with Crippen molar-refractivity contribution in [1.29, 1.82) is 0 Å². The van der Waals surface area contributed by atoms with Crippen molar-refractivity contribution in [3.63, 3.8) is 0 Å². The predicted octanol–water partition coefficient (Wildman–Crippen LogP) is 2.27. The maximum absolute atomic E-state index is 11.6. The molecule has 3 heteroatoms. The molecule has 0 aliphatic carbocycles. The molecule has 0 bridgehead atoms. The summed E-state index contributed by atoms with van der Waals surface area (Å²) in [4.78, 5) is 11.6. The van der Waals surface area contributed by atoms with Crippen molar-refractivity contribution in [2.24, 2.45) is 0 Å². The number of hydrogen-bond donors (Lipinski definition) is 1. The average Bonchev–Trinajstić information content (AvgIpc) is 2.25. The molecule has 3 nitrogen and oxygen atoms in total. The van der Waals surface area contributed by atoms with E-state index >= 15 is 0 Å². The van der Waals surface area contributed by atoms with Gasteiger partial charge in [-0.15, -0.1) is 0 Å². The summed E-state index contributed by atoms with van der Waals surface area (Å²) in [6, 6.07) is 5.37. The van der Waals surface area contributed by atoms with Crippen molar-refractivity contribution < 1.29 is 9.53 Å². The fourth-order valence-corrected chi connectivity index (χ4v) is 1.25. The molecule has 80 valence electrons. The van der Waals surface area contributed by atoms with Gasteiger partial charge in [-0.3, -0.25) is 4.79 Å². The Bertz CT molecular complexity index is 383. The largest absolute Gasteiger partial charge is 0.497 e. The summed E-state index contributed by atoms with van der Waals surface area (Å²) >= 11 is 0. The van der Waals surface area contributed by atoms with E-state index in [9.17, 15) is 4.79 Å². The molecule has 1 amide bonds. The Morgan fingerprint density at radius 1 is 1.47 bits per heavy atom. The van der Waals surface area contributed by atoms with Crippen LogP contribution >= 0.6 is 0 Å². The van der Waals surface area contributed by atoms with Gasteiger partial charge in [0.2, 0.25) is 0 Å². The molecule has 1 N–H and O–H groups in total. The number of carbonyl (C=O) groups is 1. The first-order valence-electron chi connectivity index (χ1n) is 4.75. The summed E-state index contributed by atoms with van der Waals surface area (Å²) in [5.74, 6) is 0.656. The molecule has 0 saturated heterocycles. The normalized spacial score (nSPS) is 10.3. The van der Waals surface area contributed by atoms with Gasteiger partial charge in [-0.2, -0.15) is 0 Å². The number of benzene rings is 1. The minimum Gasteiger partial charge on any atom is -0.497 e. The highest BCUT2D eigenvalue weighted by Gasteiger charge is 2.07. The van der Waals surface area contributed by atoms with Crippen molar-refractivity contribution in [3.8, 4) is 5.75 Å². The molecule has 0 fully saturated rings. The first-order chi connectivity index (χ1) is 7.19. The molecule has 15 heavy (non-hydrogen) atoms. The molecule has 0 atom stereocenters. The Morgan fingerprint density at radius 2 is 2.20 bits per heavy atom. The highest BCUT2D eigenvalue weighted by Crippen LogP contribution is 2.16. The highest BCUT2D eigenvalue weighted by molar-refractivity contribution is 5.96. The molecule has 1 rings (SSSR count). The lowest BCUT2D eigenvalue weighted by Gasteiger charge is -2.06. The number of nitrogens with one attached hydrogen (secondary N) is 1. The molecule has 0 unspecified atom stereocenters. The van der Waals surface area contributed by atoms with E-state index < -0.39 is 0 Å². The smallest absolute Gasteiger partial charge is 0.255 e. The summed E-state index contributed by atoms with van der Waals surface area (Å²) < 4.78 is 5.07. The van der Waals surface area contributed by atoms with Gasteiger partial charge in [0.1, 0.15) is 5.75 Å². The Morgan fingerprint density at radius 3 is 2.73 bits per heavy atom. The van der Waals surface area contributed by atoms with Gasteiger partial charge in [0.05, 0.1) is 7.11 Å². The van der Waals surface area contributed by atoms with Crippen LogP contribution in [0.3, 0.4) is 0 Å². The standard InChI is InChI=1S/C12H15NO2/c1-4-7-13-12(14)11-6-5-10(15-3)8-9(11)2/h4-8H,1-3H3,(H,13,14). The fraction of sp³-hybridized carbons (Fsp3) is 0.250. The number of aryl methyl sites for hydroxylation is 1. The zero-order valence-corrected chi connectivity index (χ0v) is 9.20. The number of amides is 1. The maximum atomic E-state index is 11.6. The van der Waals surface area contributed by atoms with E-state index in [-0.39, 0.29) is 5.91 Å². The number of rotatable bonds is 3. The Hall–Kier alpha value is -1.77. The van der Waals surface area contributed by atoms with Crippen LogP contribution in [0.5, 0.6) is 5.75 Å². The van der Waals surface area contributed by atoms with E-state index in [0.717, 1.165) is 11.3 Å². The number of hydrogen-bond acceptors (Lipinski definition) is 2. The minimum absolute atomic E-state index is 0.103. The number of carbonyl (C=O) groups excluding carboxylic acids is 1. The average molecular weight is 205 g/mol. The number of allylic oxidation sites excluding steroid dienone is 1. The van der Waals surface area contributed by atoms with Crippen molar-refractivity contribution >= 4 is 5.91 Å². The highest BCUT2D eigenvalue weighted by atomic mass is 16.5. The van der Waals surface area contributed by atoms with E-state index in [1.165, 1.54) is 0 Å². The van der Waals surface area contributed by atoms with Crippen LogP contribution in [0, 0.1) is 6.92 Å². The quantitative estimate of drug-likeness (QED) is 0.822. The van der Waals surface area contributed by atoms with E-state index in [1.807, 2.05) is 19.9 Å². The van der Waals surface area contributed by atoms with Crippen LogP contribution in [0.4, 0.5) is 0 Å². The third-order valence-corrected chi connectivity index (χ3v) is 2.06. The molecule has 1 aromatic rings. The van der Waals surface area contributed by atoms with Crippen LogP contribution in [-0.2, 0) is 0 Å². The Balaban J connectivity index is 2.90. The topological polar surface area (TPSA) is 38.3 Å². The Labute approximate surface area is 89.8 Å². The van der Waals surface area contributed by atoms with E-state index in [0.29, 0.717) is 5.56 Å². The molecule has 1 aromatic carbocycles. The van der Waals surface area contributed by atoms with Gasteiger partial charge >= 0.3 is 0 Å². The van der Waals surface area contributed by atoms with E-state index in [1.54, 1.807) is 31.5 Å². The summed E-state index contributed by atoms with van der Waals surface area (Å²) in [7, 11) is 1.61. The second-order valence-corrected chi connectivity index (χ2v) is 3.15. The number of ether oxygens (including phenoxy) is 1. The first kappa shape index (κ1) is 11.3. The van der Waals surface area contributed by atoms with Crippen LogP contribution in [-0.4, -0.2) is 13.0 Å². The molecule has 0 aliphatic heterocycles. The lowest BCUT2D eigenvalue weighted by molar-refractivity contribution is 0.0969. The third kappa shape index (κ3) is 2.84. The van der Waals surface area contributed by atoms with Crippen molar-refractivity contribution in [2.45, 2.75) is 13.8 Å². The molecule has 0 aromatic heterocycles. The lowest BCUT2D eigenvalue weighted by atomic mass is 10.1. The SMILES string of the molecule is CC=CNC(=O)c1ccc(OC)cc1C. The minimum atomic E-state index is -0.103. The predicted molar refractivity (Wildman–Crippen MR) is 60.0 cm³/mol. The van der Waals surface area contributed by atoms with Crippen LogP contribution < -0.4 is 10.1 Å². The molecular weight excluding hydrogens is 190 g/mol. The van der Waals surface area contributed by atoms with Gasteiger partial charge in [0.25, 0.3) is 5.91 Å². The van der Waals surface area contributed by atoms with Crippen LogP contribution in [0.2, 0.25) is 0 Å². The monoisotopic (exact) mass is 205 g/mol. The van der Waals surface area contributed by atoms with Crippen LogP contribution in [0.25, 0.3) is 0 Å². The second kappa shape index (κ2) is 5.20. The maximum Gasteiger partial charge on any atom is 0.255 e. The summed E-state index contributed by atoms with van der Waals surface area (Å²) in [6.45, 7) is 3.73. The third-order valence-electron chi connectivity index (χ3n) is 2.06. The van der Waals surface area contributed by atoms with Crippen molar-refractivity contribution in [2.75, 3.05) is 7.11 Å². The lowest BCUT2D eigenvalue weighted by Crippen LogP contribution is -2.17. The molecule has 0 aliphatic rings. The van der Waals surface area contributed by atoms with Gasteiger partial charge in [0.15, 0.2) is 0 Å². The van der Waals surface area contributed by atoms with E-state index in [4.69, 9.17) is 4.74 Å².